The first kappa shape index (κ1) is 15.7. The molecule has 0 aromatic carbocycles. The van der Waals surface area contributed by atoms with Gasteiger partial charge in [-0.05, 0) is 24.1 Å². The SMILES string of the molecule is CN(C)c1noc(C2CCN(C(=O)c3ccncc3Cl)CC2)n1. The Morgan fingerprint density at radius 1 is 1.39 bits per heavy atom. The first-order chi connectivity index (χ1) is 11.1. The van der Waals surface area contributed by atoms with Crippen LogP contribution >= 0.6 is 11.6 Å². The predicted molar refractivity (Wildman–Crippen MR) is 85.8 cm³/mol. The van der Waals surface area contributed by atoms with E-state index in [-0.39, 0.29) is 11.8 Å². The van der Waals surface area contributed by atoms with Crippen molar-refractivity contribution in [1.82, 2.24) is 20.0 Å². The van der Waals surface area contributed by atoms with Crippen molar-refractivity contribution in [2.75, 3.05) is 32.1 Å². The Hall–Kier alpha value is -2.15. The van der Waals surface area contributed by atoms with Crippen LogP contribution in [0.3, 0.4) is 0 Å². The fourth-order valence-corrected chi connectivity index (χ4v) is 2.82. The lowest BCUT2D eigenvalue weighted by atomic mass is 9.96. The molecule has 1 fully saturated rings. The molecule has 0 bridgehead atoms. The van der Waals surface area contributed by atoms with Gasteiger partial charge in [-0.25, -0.2) is 0 Å². The van der Waals surface area contributed by atoms with Gasteiger partial charge in [-0.1, -0.05) is 11.6 Å². The zero-order valence-corrected chi connectivity index (χ0v) is 13.8. The third-order valence-corrected chi connectivity index (χ3v) is 4.27. The normalized spacial score (nSPS) is 15.7. The molecule has 0 radical (unpaired) electrons. The van der Waals surface area contributed by atoms with E-state index in [0.717, 1.165) is 12.8 Å². The molecule has 23 heavy (non-hydrogen) atoms. The van der Waals surface area contributed by atoms with Gasteiger partial charge in [0.15, 0.2) is 0 Å². The molecule has 0 atom stereocenters. The lowest BCUT2D eigenvalue weighted by Crippen LogP contribution is -2.38. The number of carbonyl (C=O) groups is 1. The van der Waals surface area contributed by atoms with Gasteiger partial charge >= 0.3 is 0 Å². The van der Waals surface area contributed by atoms with Crippen LogP contribution in [0.1, 0.15) is 35.0 Å². The summed E-state index contributed by atoms with van der Waals surface area (Å²) in [6.45, 7) is 1.28. The summed E-state index contributed by atoms with van der Waals surface area (Å²) in [6, 6.07) is 1.65. The second kappa shape index (κ2) is 6.54. The molecule has 1 saturated heterocycles. The molecule has 1 amide bonds. The minimum absolute atomic E-state index is 0.0599. The van der Waals surface area contributed by atoms with E-state index in [9.17, 15) is 4.79 Å². The number of hydrogen-bond acceptors (Lipinski definition) is 6. The summed E-state index contributed by atoms with van der Waals surface area (Å²) in [5.41, 5.74) is 0.493. The van der Waals surface area contributed by atoms with Crippen molar-refractivity contribution < 1.29 is 9.32 Å². The summed E-state index contributed by atoms with van der Waals surface area (Å²) in [5, 5.41) is 4.32. The highest BCUT2D eigenvalue weighted by Crippen LogP contribution is 2.29. The number of amides is 1. The standard InChI is InChI=1S/C15H18ClN5O2/c1-20(2)15-18-13(23-19-15)10-4-7-21(8-5-10)14(22)11-3-6-17-9-12(11)16/h3,6,9-10H,4-5,7-8H2,1-2H3. The molecule has 122 valence electrons. The Balaban J connectivity index is 1.64. The van der Waals surface area contributed by atoms with Crippen molar-refractivity contribution >= 4 is 23.5 Å². The largest absolute Gasteiger partial charge is 0.344 e. The molecule has 2 aromatic heterocycles. The third-order valence-electron chi connectivity index (χ3n) is 3.97. The molecule has 0 aliphatic carbocycles. The van der Waals surface area contributed by atoms with Crippen LogP contribution < -0.4 is 4.90 Å². The summed E-state index contributed by atoms with van der Waals surface area (Å²) >= 11 is 6.05. The Labute approximate surface area is 139 Å². The zero-order chi connectivity index (χ0) is 16.4. The van der Waals surface area contributed by atoms with Gasteiger partial charge in [-0.2, -0.15) is 4.98 Å². The van der Waals surface area contributed by atoms with Gasteiger partial charge in [0.2, 0.25) is 5.89 Å². The molecule has 3 heterocycles. The monoisotopic (exact) mass is 335 g/mol. The van der Waals surface area contributed by atoms with E-state index in [1.165, 1.54) is 6.20 Å². The first-order valence-corrected chi connectivity index (χ1v) is 7.83. The van der Waals surface area contributed by atoms with E-state index in [4.69, 9.17) is 16.1 Å². The highest BCUT2D eigenvalue weighted by Gasteiger charge is 2.28. The second-order valence-electron chi connectivity index (χ2n) is 5.75. The molecular weight excluding hydrogens is 318 g/mol. The highest BCUT2D eigenvalue weighted by molar-refractivity contribution is 6.33. The van der Waals surface area contributed by atoms with Gasteiger partial charge in [-0.3, -0.25) is 9.78 Å². The third kappa shape index (κ3) is 3.29. The minimum atomic E-state index is -0.0599. The number of halogens is 1. The summed E-state index contributed by atoms with van der Waals surface area (Å²) in [7, 11) is 3.74. The molecule has 0 spiro atoms. The van der Waals surface area contributed by atoms with Crippen molar-refractivity contribution in [3.63, 3.8) is 0 Å². The van der Waals surface area contributed by atoms with Crippen LogP contribution in [-0.4, -0.2) is 53.1 Å². The molecule has 0 unspecified atom stereocenters. The number of rotatable bonds is 3. The topological polar surface area (TPSA) is 75.4 Å². The van der Waals surface area contributed by atoms with Crippen molar-refractivity contribution in [3.05, 3.63) is 34.9 Å². The van der Waals surface area contributed by atoms with E-state index in [0.29, 0.717) is 35.5 Å². The molecule has 1 aliphatic heterocycles. The van der Waals surface area contributed by atoms with Gasteiger partial charge in [0.25, 0.3) is 11.9 Å². The summed E-state index contributed by atoms with van der Waals surface area (Å²) < 4.78 is 5.33. The minimum Gasteiger partial charge on any atom is -0.344 e. The van der Waals surface area contributed by atoms with Gasteiger partial charge in [0.1, 0.15) is 0 Å². The van der Waals surface area contributed by atoms with Gasteiger partial charge in [0.05, 0.1) is 10.6 Å². The van der Waals surface area contributed by atoms with Crippen LogP contribution in [-0.2, 0) is 0 Å². The van der Waals surface area contributed by atoms with E-state index >= 15 is 0 Å². The molecule has 0 N–H and O–H groups in total. The summed E-state index contributed by atoms with van der Waals surface area (Å²) in [5.74, 6) is 1.34. The van der Waals surface area contributed by atoms with Crippen LogP contribution in [0, 0.1) is 0 Å². The fraction of sp³-hybridized carbons (Fsp3) is 0.467. The van der Waals surface area contributed by atoms with Crippen molar-refractivity contribution in [2.24, 2.45) is 0 Å². The smallest absolute Gasteiger partial charge is 0.265 e. The van der Waals surface area contributed by atoms with Crippen molar-refractivity contribution in [3.8, 4) is 0 Å². The van der Waals surface area contributed by atoms with E-state index in [1.54, 1.807) is 22.1 Å². The highest BCUT2D eigenvalue weighted by atomic mass is 35.5. The zero-order valence-electron chi connectivity index (χ0n) is 13.1. The van der Waals surface area contributed by atoms with Crippen LogP contribution in [0.5, 0.6) is 0 Å². The first-order valence-electron chi connectivity index (χ1n) is 7.46. The average Bonchev–Trinajstić information content (AvgIpc) is 3.05. The van der Waals surface area contributed by atoms with Gasteiger partial charge in [0, 0.05) is 45.5 Å². The lowest BCUT2D eigenvalue weighted by molar-refractivity contribution is 0.0704. The van der Waals surface area contributed by atoms with Crippen LogP contribution in [0.2, 0.25) is 5.02 Å². The molecule has 7 nitrogen and oxygen atoms in total. The number of likely N-dealkylation sites (tertiary alicyclic amines) is 1. The molecule has 0 saturated carbocycles. The maximum absolute atomic E-state index is 12.5. The predicted octanol–water partition coefficient (Wildman–Crippen LogP) is 2.20. The number of hydrogen-bond donors (Lipinski definition) is 0. The number of nitrogens with zero attached hydrogens (tertiary/aromatic N) is 5. The van der Waals surface area contributed by atoms with Crippen LogP contribution in [0.15, 0.2) is 23.0 Å². The number of pyridine rings is 1. The molecular formula is C15H18ClN5O2. The van der Waals surface area contributed by atoms with Crippen molar-refractivity contribution in [1.29, 1.82) is 0 Å². The maximum Gasteiger partial charge on any atom is 0.265 e. The fourth-order valence-electron chi connectivity index (χ4n) is 2.62. The molecule has 1 aliphatic rings. The Morgan fingerprint density at radius 2 is 2.13 bits per heavy atom. The van der Waals surface area contributed by atoms with Crippen LogP contribution in [0.4, 0.5) is 5.95 Å². The average molecular weight is 336 g/mol. The number of anilines is 1. The van der Waals surface area contributed by atoms with Gasteiger partial charge < -0.3 is 14.3 Å². The van der Waals surface area contributed by atoms with Gasteiger partial charge in [-0.15, -0.1) is 0 Å². The van der Waals surface area contributed by atoms with Crippen LogP contribution in [0.25, 0.3) is 0 Å². The van der Waals surface area contributed by atoms with E-state index < -0.39 is 0 Å². The molecule has 3 rings (SSSR count). The summed E-state index contributed by atoms with van der Waals surface area (Å²) in [4.78, 5) is 24.4. The molecule has 8 heteroatoms. The second-order valence-corrected chi connectivity index (χ2v) is 6.16. The Bertz CT molecular complexity index is 695. The number of piperidine rings is 1. The van der Waals surface area contributed by atoms with E-state index in [1.807, 2.05) is 14.1 Å². The molecule has 2 aromatic rings. The van der Waals surface area contributed by atoms with Crippen molar-refractivity contribution in [2.45, 2.75) is 18.8 Å². The number of aromatic nitrogens is 3. The quantitative estimate of drug-likeness (QED) is 0.856. The maximum atomic E-state index is 12.5. The Morgan fingerprint density at radius 3 is 2.74 bits per heavy atom. The lowest BCUT2D eigenvalue weighted by Gasteiger charge is -2.30. The van der Waals surface area contributed by atoms with E-state index in [2.05, 4.69) is 15.1 Å². The Kier molecular flexibility index (Phi) is 4.47. The number of carbonyl (C=O) groups excluding carboxylic acids is 1. The summed E-state index contributed by atoms with van der Waals surface area (Å²) in [6.07, 6.45) is 4.66.